The van der Waals surface area contributed by atoms with Crippen molar-refractivity contribution < 1.29 is 21.7 Å². The van der Waals surface area contributed by atoms with E-state index in [0.29, 0.717) is 16.7 Å². The van der Waals surface area contributed by atoms with Crippen LogP contribution in [0.3, 0.4) is 0 Å². The maximum absolute atomic E-state index is 14.2. The van der Waals surface area contributed by atoms with E-state index >= 15 is 0 Å². The van der Waals surface area contributed by atoms with E-state index in [2.05, 4.69) is 5.16 Å². The third kappa shape index (κ3) is 3.45. The molecule has 3 rings (SSSR count). The third-order valence-electron chi connectivity index (χ3n) is 4.03. The second-order valence-electron chi connectivity index (χ2n) is 5.79. The summed E-state index contributed by atoms with van der Waals surface area (Å²) in [5, 5.41) is 17.9. The van der Waals surface area contributed by atoms with E-state index in [9.17, 15) is 17.2 Å². The van der Waals surface area contributed by atoms with Crippen LogP contribution >= 0.6 is 0 Å². The van der Waals surface area contributed by atoms with Gasteiger partial charge in [0.15, 0.2) is 12.4 Å². The Hall–Kier alpha value is -3.09. The molecule has 0 saturated carbocycles. The molecule has 138 valence electrons. The SMILES string of the molecule is Cc1cc(-c2noc(CF)c2-c2ccc(S(N)(=O)=O)c(F)c2)ccc1C#N. The lowest BCUT2D eigenvalue weighted by molar-refractivity contribution is 0.332. The van der Waals surface area contributed by atoms with Gasteiger partial charge in [0.05, 0.1) is 17.2 Å². The number of primary sulfonamides is 1. The minimum atomic E-state index is -4.23. The summed E-state index contributed by atoms with van der Waals surface area (Å²) in [6, 6.07) is 10.2. The predicted molar refractivity (Wildman–Crippen MR) is 93.0 cm³/mol. The van der Waals surface area contributed by atoms with Crippen molar-refractivity contribution in [1.82, 2.24) is 5.16 Å². The van der Waals surface area contributed by atoms with Crippen molar-refractivity contribution in [2.24, 2.45) is 5.14 Å². The van der Waals surface area contributed by atoms with Crippen molar-refractivity contribution in [3.05, 3.63) is 59.1 Å². The molecule has 0 amide bonds. The number of alkyl halides is 1. The molecule has 0 bridgehead atoms. The number of hydrogen-bond donors (Lipinski definition) is 1. The highest BCUT2D eigenvalue weighted by atomic mass is 32.2. The largest absolute Gasteiger partial charge is 0.357 e. The van der Waals surface area contributed by atoms with Crippen molar-refractivity contribution in [3.63, 3.8) is 0 Å². The maximum atomic E-state index is 14.2. The third-order valence-corrected chi connectivity index (χ3v) is 4.98. The summed E-state index contributed by atoms with van der Waals surface area (Å²) in [5.41, 5.74) is 2.32. The number of aromatic nitrogens is 1. The van der Waals surface area contributed by atoms with Crippen molar-refractivity contribution in [2.45, 2.75) is 18.5 Å². The molecule has 3 aromatic rings. The Kier molecular flexibility index (Phi) is 4.78. The normalized spacial score (nSPS) is 11.4. The molecular weight excluding hydrogens is 376 g/mol. The zero-order valence-electron chi connectivity index (χ0n) is 14.0. The smallest absolute Gasteiger partial charge is 0.240 e. The second-order valence-corrected chi connectivity index (χ2v) is 7.32. The summed E-state index contributed by atoms with van der Waals surface area (Å²) in [6.07, 6.45) is 0. The van der Waals surface area contributed by atoms with E-state index in [4.69, 9.17) is 14.9 Å². The quantitative estimate of drug-likeness (QED) is 0.735. The molecule has 9 heteroatoms. The molecule has 0 unspecified atom stereocenters. The number of hydrogen-bond acceptors (Lipinski definition) is 5. The van der Waals surface area contributed by atoms with E-state index < -0.39 is 27.4 Å². The Labute approximate surface area is 153 Å². The predicted octanol–water partition coefficient (Wildman–Crippen LogP) is 3.44. The molecule has 0 radical (unpaired) electrons. The number of rotatable bonds is 4. The van der Waals surface area contributed by atoms with Gasteiger partial charge in [-0.25, -0.2) is 22.3 Å². The first-order chi connectivity index (χ1) is 12.8. The average Bonchev–Trinajstić information content (AvgIpc) is 3.04. The van der Waals surface area contributed by atoms with E-state index in [0.717, 1.165) is 12.1 Å². The lowest BCUT2D eigenvalue weighted by Gasteiger charge is -2.07. The summed E-state index contributed by atoms with van der Waals surface area (Å²) in [7, 11) is -4.23. The number of aryl methyl sites for hydroxylation is 1. The van der Waals surface area contributed by atoms with Gasteiger partial charge in [-0.1, -0.05) is 17.3 Å². The van der Waals surface area contributed by atoms with E-state index in [1.54, 1.807) is 25.1 Å². The lowest BCUT2D eigenvalue weighted by Crippen LogP contribution is -2.14. The fourth-order valence-corrected chi connectivity index (χ4v) is 3.32. The zero-order chi connectivity index (χ0) is 19.8. The monoisotopic (exact) mass is 389 g/mol. The van der Waals surface area contributed by atoms with Crippen LogP contribution < -0.4 is 5.14 Å². The molecule has 0 aliphatic carbocycles. The first kappa shape index (κ1) is 18.7. The first-order valence-corrected chi connectivity index (χ1v) is 9.19. The van der Waals surface area contributed by atoms with Crippen molar-refractivity contribution in [2.75, 3.05) is 0 Å². The Morgan fingerprint density at radius 3 is 2.48 bits per heavy atom. The van der Waals surface area contributed by atoms with Gasteiger partial charge in [-0.2, -0.15) is 5.26 Å². The van der Waals surface area contributed by atoms with Gasteiger partial charge >= 0.3 is 0 Å². The van der Waals surface area contributed by atoms with Crippen LogP contribution in [-0.4, -0.2) is 13.6 Å². The lowest BCUT2D eigenvalue weighted by atomic mass is 9.97. The highest BCUT2D eigenvalue weighted by Crippen LogP contribution is 2.36. The van der Waals surface area contributed by atoms with E-state index in [-0.39, 0.29) is 22.6 Å². The van der Waals surface area contributed by atoms with Gasteiger partial charge in [0.1, 0.15) is 16.4 Å². The average molecular weight is 389 g/mol. The fraction of sp³-hybridized carbons (Fsp3) is 0.111. The molecule has 0 spiro atoms. The van der Waals surface area contributed by atoms with Crippen LogP contribution in [0.5, 0.6) is 0 Å². The van der Waals surface area contributed by atoms with Gasteiger partial charge in [-0.05, 0) is 42.3 Å². The minimum absolute atomic E-state index is 0.130. The van der Waals surface area contributed by atoms with Crippen molar-refractivity contribution >= 4 is 10.0 Å². The molecule has 1 heterocycles. The first-order valence-electron chi connectivity index (χ1n) is 7.64. The number of nitrogens with zero attached hydrogens (tertiary/aromatic N) is 2. The molecule has 2 aromatic carbocycles. The van der Waals surface area contributed by atoms with Gasteiger partial charge in [0.2, 0.25) is 10.0 Å². The topological polar surface area (TPSA) is 110 Å². The highest BCUT2D eigenvalue weighted by Gasteiger charge is 2.22. The molecule has 0 aliphatic rings. The van der Waals surface area contributed by atoms with Crippen LogP contribution in [0.25, 0.3) is 22.4 Å². The number of nitriles is 1. The fourth-order valence-electron chi connectivity index (χ4n) is 2.73. The highest BCUT2D eigenvalue weighted by molar-refractivity contribution is 7.89. The van der Waals surface area contributed by atoms with Crippen LogP contribution in [0.1, 0.15) is 16.9 Å². The van der Waals surface area contributed by atoms with Gasteiger partial charge in [0, 0.05) is 5.56 Å². The zero-order valence-corrected chi connectivity index (χ0v) is 14.8. The van der Waals surface area contributed by atoms with Crippen molar-refractivity contribution in [3.8, 4) is 28.5 Å². The molecule has 0 aliphatic heterocycles. The van der Waals surface area contributed by atoms with Crippen LogP contribution in [0.4, 0.5) is 8.78 Å². The molecular formula is C18H13F2N3O3S. The van der Waals surface area contributed by atoms with Crippen LogP contribution in [0, 0.1) is 24.1 Å². The number of benzene rings is 2. The minimum Gasteiger partial charge on any atom is -0.357 e. The molecule has 6 nitrogen and oxygen atoms in total. The Morgan fingerprint density at radius 1 is 1.22 bits per heavy atom. The van der Waals surface area contributed by atoms with Crippen LogP contribution in [0.2, 0.25) is 0 Å². The summed E-state index contributed by atoms with van der Waals surface area (Å²) in [5.74, 6) is -1.20. The van der Waals surface area contributed by atoms with E-state index in [1.165, 1.54) is 6.07 Å². The Morgan fingerprint density at radius 2 is 1.93 bits per heavy atom. The molecule has 0 atom stereocenters. The molecule has 27 heavy (non-hydrogen) atoms. The number of sulfonamides is 1. The summed E-state index contributed by atoms with van der Waals surface area (Å²) in [6.45, 7) is 0.745. The summed E-state index contributed by atoms with van der Waals surface area (Å²) < 4.78 is 55.4. The molecule has 0 fully saturated rings. The molecule has 0 saturated heterocycles. The van der Waals surface area contributed by atoms with Crippen LogP contribution in [0.15, 0.2) is 45.8 Å². The summed E-state index contributed by atoms with van der Waals surface area (Å²) in [4.78, 5) is -0.666. The maximum Gasteiger partial charge on any atom is 0.240 e. The van der Waals surface area contributed by atoms with Crippen LogP contribution in [-0.2, 0) is 16.7 Å². The van der Waals surface area contributed by atoms with Gasteiger partial charge < -0.3 is 4.52 Å². The Balaban J connectivity index is 2.20. The van der Waals surface area contributed by atoms with Gasteiger partial charge in [-0.3, -0.25) is 0 Å². The van der Waals surface area contributed by atoms with Gasteiger partial charge in [0.25, 0.3) is 0 Å². The van der Waals surface area contributed by atoms with Gasteiger partial charge in [-0.15, -0.1) is 0 Å². The second kappa shape index (κ2) is 6.90. The van der Waals surface area contributed by atoms with Crippen molar-refractivity contribution in [1.29, 1.82) is 5.26 Å². The van der Waals surface area contributed by atoms with E-state index in [1.807, 2.05) is 6.07 Å². The Bertz CT molecular complexity index is 1180. The molecule has 2 N–H and O–H groups in total. The summed E-state index contributed by atoms with van der Waals surface area (Å²) >= 11 is 0. The molecule has 1 aromatic heterocycles. The standard InChI is InChI=1S/C18H13F2N3O3S/c1-10-6-12(2-3-13(10)9-21)18-17(15(8-19)26-23-18)11-4-5-16(14(20)7-11)27(22,24)25/h2-7H,8H2,1H3,(H2,22,24,25). The number of halogens is 2. The number of nitrogens with two attached hydrogens (primary N) is 1.